The Hall–Kier alpha value is -0.240. The maximum atomic E-state index is 9.30. The van der Waals surface area contributed by atoms with E-state index in [0.29, 0.717) is 0 Å². The third-order valence-corrected chi connectivity index (χ3v) is 2.11. The van der Waals surface area contributed by atoms with Crippen molar-refractivity contribution in [2.45, 2.75) is 30.5 Å². The Bertz CT molecular complexity index is 163. The van der Waals surface area contributed by atoms with Gasteiger partial charge in [-0.1, -0.05) is 0 Å². The molecule has 1 aliphatic heterocycles. The van der Waals surface area contributed by atoms with Crippen molar-refractivity contribution in [3.63, 3.8) is 0 Å². The molecule has 0 unspecified atom stereocenters. The molecular formula is C7H14O6. The van der Waals surface area contributed by atoms with E-state index in [-0.39, 0.29) is 6.61 Å². The average Bonchev–Trinajstić information content (AvgIpc) is 2.45. The molecule has 0 spiro atoms. The summed E-state index contributed by atoms with van der Waals surface area (Å²) in [6, 6.07) is 0. The van der Waals surface area contributed by atoms with E-state index in [1.807, 2.05) is 0 Å². The summed E-state index contributed by atoms with van der Waals surface area (Å²) < 4.78 is 4.84. The quantitative estimate of drug-likeness (QED) is 0.324. The molecule has 5 atom stereocenters. The largest absolute Gasteiger partial charge is 0.394 e. The fourth-order valence-corrected chi connectivity index (χ4v) is 1.25. The molecule has 1 rings (SSSR count). The van der Waals surface area contributed by atoms with Gasteiger partial charge in [0.15, 0.2) is 0 Å². The first-order valence-electron chi connectivity index (χ1n) is 4.02. The lowest BCUT2D eigenvalue weighted by Crippen LogP contribution is -2.46. The molecule has 0 aromatic rings. The number of ether oxygens (including phenoxy) is 1. The molecule has 1 fully saturated rings. The molecule has 5 N–H and O–H groups in total. The van der Waals surface area contributed by atoms with Gasteiger partial charge >= 0.3 is 0 Å². The van der Waals surface area contributed by atoms with E-state index in [1.165, 1.54) is 0 Å². The van der Waals surface area contributed by atoms with E-state index in [9.17, 15) is 10.2 Å². The van der Waals surface area contributed by atoms with Crippen LogP contribution in [0.2, 0.25) is 0 Å². The number of aliphatic hydroxyl groups excluding tert-OH is 5. The lowest BCUT2D eigenvalue weighted by atomic mass is 10.0. The van der Waals surface area contributed by atoms with Crippen molar-refractivity contribution in [1.82, 2.24) is 0 Å². The van der Waals surface area contributed by atoms with Crippen LogP contribution >= 0.6 is 0 Å². The SMILES string of the molecule is OC[C@H](O)[C@@H](O)[C@H]1OC[C@@H](O)[C@H]1O. The Morgan fingerprint density at radius 3 is 2.31 bits per heavy atom. The normalized spacial score (nSPS) is 39.0. The average molecular weight is 194 g/mol. The van der Waals surface area contributed by atoms with Gasteiger partial charge in [-0.2, -0.15) is 0 Å². The molecule has 0 saturated carbocycles. The van der Waals surface area contributed by atoms with Crippen molar-refractivity contribution in [3.05, 3.63) is 0 Å². The van der Waals surface area contributed by atoms with Crippen LogP contribution in [-0.2, 0) is 4.74 Å². The van der Waals surface area contributed by atoms with Gasteiger partial charge in [-0.05, 0) is 0 Å². The number of rotatable bonds is 3. The second-order valence-corrected chi connectivity index (χ2v) is 3.10. The number of hydrogen-bond donors (Lipinski definition) is 5. The molecule has 1 aliphatic rings. The molecule has 0 bridgehead atoms. The van der Waals surface area contributed by atoms with Crippen LogP contribution in [-0.4, -0.2) is 69.3 Å². The third kappa shape index (κ3) is 2.16. The van der Waals surface area contributed by atoms with E-state index in [4.69, 9.17) is 20.1 Å². The summed E-state index contributed by atoms with van der Waals surface area (Å²) in [5.41, 5.74) is 0. The van der Waals surface area contributed by atoms with Gasteiger partial charge in [0.2, 0.25) is 0 Å². The summed E-state index contributed by atoms with van der Waals surface area (Å²) in [6.45, 7) is -0.703. The minimum atomic E-state index is -1.39. The van der Waals surface area contributed by atoms with E-state index in [2.05, 4.69) is 0 Å². The summed E-state index contributed by atoms with van der Waals surface area (Å²) in [5.74, 6) is 0. The zero-order chi connectivity index (χ0) is 10.0. The van der Waals surface area contributed by atoms with Crippen LogP contribution in [0.1, 0.15) is 0 Å². The summed E-state index contributed by atoms with van der Waals surface area (Å²) in [7, 11) is 0. The zero-order valence-electron chi connectivity index (χ0n) is 6.95. The summed E-state index contributed by atoms with van der Waals surface area (Å²) >= 11 is 0. The Morgan fingerprint density at radius 2 is 1.92 bits per heavy atom. The first kappa shape index (κ1) is 10.8. The van der Waals surface area contributed by atoms with Gasteiger partial charge in [0.05, 0.1) is 13.2 Å². The summed E-state index contributed by atoms with van der Waals surface area (Å²) in [6.07, 6.45) is -6.08. The standard InChI is InChI=1S/C7H14O6/c8-1-3(9)5(11)7-6(12)4(10)2-13-7/h3-12H,1-2H2/t3-,4+,5+,6+,7+/m0/s1. The van der Waals surface area contributed by atoms with Gasteiger partial charge in [0, 0.05) is 0 Å². The minimum Gasteiger partial charge on any atom is -0.394 e. The molecule has 78 valence electrons. The molecule has 6 heteroatoms. The van der Waals surface area contributed by atoms with Crippen molar-refractivity contribution in [1.29, 1.82) is 0 Å². The monoisotopic (exact) mass is 194 g/mol. The highest BCUT2D eigenvalue weighted by atomic mass is 16.5. The molecule has 1 heterocycles. The third-order valence-electron chi connectivity index (χ3n) is 2.11. The van der Waals surface area contributed by atoms with E-state index in [1.54, 1.807) is 0 Å². The highest BCUT2D eigenvalue weighted by Gasteiger charge is 2.41. The predicted octanol–water partition coefficient (Wildman–Crippen LogP) is -3.18. The maximum Gasteiger partial charge on any atom is 0.115 e. The van der Waals surface area contributed by atoms with E-state index >= 15 is 0 Å². The first-order valence-corrected chi connectivity index (χ1v) is 4.02. The van der Waals surface area contributed by atoms with E-state index in [0.717, 1.165) is 0 Å². The molecule has 6 nitrogen and oxygen atoms in total. The molecule has 0 radical (unpaired) electrons. The maximum absolute atomic E-state index is 9.30. The van der Waals surface area contributed by atoms with Crippen LogP contribution in [0.4, 0.5) is 0 Å². The van der Waals surface area contributed by atoms with E-state index < -0.39 is 37.1 Å². The van der Waals surface area contributed by atoms with Crippen molar-refractivity contribution in [2.75, 3.05) is 13.2 Å². The predicted molar refractivity (Wildman–Crippen MR) is 40.9 cm³/mol. The Morgan fingerprint density at radius 1 is 1.31 bits per heavy atom. The zero-order valence-corrected chi connectivity index (χ0v) is 6.95. The number of hydrogen-bond acceptors (Lipinski definition) is 6. The van der Waals surface area contributed by atoms with Crippen molar-refractivity contribution in [2.24, 2.45) is 0 Å². The summed E-state index contributed by atoms with van der Waals surface area (Å²) in [4.78, 5) is 0. The smallest absolute Gasteiger partial charge is 0.115 e. The molecule has 0 aromatic heterocycles. The fourth-order valence-electron chi connectivity index (χ4n) is 1.25. The minimum absolute atomic E-state index is 0.0823. The van der Waals surface area contributed by atoms with Crippen molar-refractivity contribution < 1.29 is 30.3 Å². The van der Waals surface area contributed by atoms with Crippen LogP contribution in [0.3, 0.4) is 0 Å². The molecular weight excluding hydrogens is 180 g/mol. The van der Waals surface area contributed by atoms with Gasteiger partial charge < -0.3 is 30.3 Å². The summed E-state index contributed by atoms with van der Waals surface area (Å²) in [5, 5.41) is 45.1. The van der Waals surface area contributed by atoms with Crippen LogP contribution in [0.5, 0.6) is 0 Å². The topological polar surface area (TPSA) is 110 Å². The Kier molecular flexibility index (Phi) is 3.60. The van der Waals surface area contributed by atoms with Crippen LogP contribution in [0.25, 0.3) is 0 Å². The first-order chi connectivity index (χ1) is 6.07. The van der Waals surface area contributed by atoms with Crippen molar-refractivity contribution in [3.8, 4) is 0 Å². The molecule has 1 saturated heterocycles. The van der Waals surface area contributed by atoms with Gasteiger partial charge in [-0.15, -0.1) is 0 Å². The Labute approximate surface area is 75.0 Å². The Balaban J connectivity index is 2.52. The molecule has 0 amide bonds. The highest BCUT2D eigenvalue weighted by Crippen LogP contribution is 2.19. The van der Waals surface area contributed by atoms with Crippen LogP contribution in [0, 0.1) is 0 Å². The van der Waals surface area contributed by atoms with Crippen molar-refractivity contribution >= 4 is 0 Å². The fraction of sp³-hybridized carbons (Fsp3) is 1.00. The molecule has 0 aromatic carbocycles. The van der Waals surface area contributed by atoms with Gasteiger partial charge in [0.25, 0.3) is 0 Å². The van der Waals surface area contributed by atoms with Crippen LogP contribution in [0.15, 0.2) is 0 Å². The van der Waals surface area contributed by atoms with Gasteiger partial charge in [-0.25, -0.2) is 0 Å². The number of aliphatic hydroxyl groups is 5. The lowest BCUT2D eigenvalue weighted by molar-refractivity contribution is -0.109. The molecule has 0 aliphatic carbocycles. The molecule has 13 heavy (non-hydrogen) atoms. The second kappa shape index (κ2) is 4.32. The highest BCUT2D eigenvalue weighted by molar-refractivity contribution is 4.90. The van der Waals surface area contributed by atoms with Gasteiger partial charge in [0.1, 0.15) is 30.5 Å². The van der Waals surface area contributed by atoms with Gasteiger partial charge in [-0.3, -0.25) is 0 Å². The lowest BCUT2D eigenvalue weighted by Gasteiger charge is -2.23. The second-order valence-electron chi connectivity index (χ2n) is 3.10. The van der Waals surface area contributed by atoms with Crippen LogP contribution < -0.4 is 0 Å².